The lowest BCUT2D eigenvalue weighted by atomic mass is 10.1. The van der Waals surface area contributed by atoms with Gasteiger partial charge in [-0.3, -0.25) is 0 Å². The molecule has 31 heavy (non-hydrogen) atoms. The summed E-state index contributed by atoms with van der Waals surface area (Å²) < 4.78 is 11.6. The first kappa shape index (κ1) is 20.7. The smallest absolute Gasteiger partial charge is 0.342 e. The van der Waals surface area contributed by atoms with Crippen molar-refractivity contribution in [2.24, 2.45) is 0 Å². The number of benzene rings is 3. The molecule has 4 aromatic rings. The molecule has 0 aliphatic heterocycles. The van der Waals surface area contributed by atoms with Gasteiger partial charge in [-0.05, 0) is 34.7 Å². The Bertz CT molecular complexity index is 1100. The van der Waals surface area contributed by atoms with E-state index in [1.807, 2.05) is 78.9 Å². The highest BCUT2D eigenvalue weighted by atomic mass is 32.1. The number of carbonyl (C=O) groups excluding carboxylic acids is 1. The summed E-state index contributed by atoms with van der Waals surface area (Å²) >= 11 is 1.70. The van der Waals surface area contributed by atoms with E-state index in [1.165, 1.54) is 4.88 Å². The van der Waals surface area contributed by atoms with Crippen LogP contribution in [0.3, 0.4) is 0 Å². The number of rotatable bonds is 9. The van der Waals surface area contributed by atoms with Gasteiger partial charge in [0.2, 0.25) is 0 Å². The molecule has 0 unspecified atom stereocenters. The summed E-state index contributed by atoms with van der Waals surface area (Å²) in [6.45, 7) is 1.30. The minimum Gasteiger partial charge on any atom is -0.488 e. The molecular formula is C26H23NO3S. The number of hydrogen-bond acceptors (Lipinski definition) is 5. The summed E-state index contributed by atoms with van der Waals surface area (Å²) in [6.07, 6.45) is 0. The number of hydrogen-bond donors (Lipinski definition) is 1. The van der Waals surface area contributed by atoms with Crippen molar-refractivity contribution in [3.63, 3.8) is 0 Å². The Labute approximate surface area is 186 Å². The van der Waals surface area contributed by atoms with Crippen LogP contribution in [-0.2, 0) is 24.5 Å². The highest BCUT2D eigenvalue weighted by Crippen LogP contribution is 2.26. The number of thiophene rings is 1. The van der Waals surface area contributed by atoms with Gasteiger partial charge in [0.05, 0.1) is 0 Å². The van der Waals surface area contributed by atoms with E-state index in [1.54, 1.807) is 17.4 Å². The Morgan fingerprint density at radius 1 is 0.806 bits per heavy atom. The van der Waals surface area contributed by atoms with E-state index >= 15 is 0 Å². The molecule has 0 bridgehead atoms. The van der Waals surface area contributed by atoms with Crippen LogP contribution in [0, 0.1) is 0 Å². The molecule has 1 aromatic heterocycles. The molecule has 0 radical (unpaired) electrons. The maximum atomic E-state index is 12.8. The third-order valence-electron chi connectivity index (χ3n) is 4.70. The number of esters is 1. The zero-order chi connectivity index (χ0) is 21.3. The molecule has 0 aliphatic carbocycles. The summed E-state index contributed by atoms with van der Waals surface area (Å²) in [5.41, 5.74) is 3.27. The van der Waals surface area contributed by atoms with Crippen LogP contribution in [0.4, 0.5) is 5.69 Å². The van der Waals surface area contributed by atoms with E-state index < -0.39 is 5.97 Å². The van der Waals surface area contributed by atoms with Crippen LogP contribution >= 0.6 is 11.3 Å². The largest absolute Gasteiger partial charge is 0.488 e. The van der Waals surface area contributed by atoms with Crippen LogP contribution in [0.1, 0.15) is 26.4 Å². The first-order valence-electron chi connectivity index (χ1n) is 10.1. The Kier molecular flexibility index (Phi) is 6.98. The topological polar surface area (TPSA) is 47.6 Å². The standard InChI is InChI=1S/C26H23NO3S/c28-26(30-19-21-10-5-2-6-11-21)24-14-13-22(27-17-23-12-7-15-31-23)16-25(24)29-18-20-8-3-1-4-9-20/h1-16,27H,17-19H2. The van der Waals surface area contributed by atoms with Crippen LogP contribution in [0.2, 0.25) is 0 Å². The first-order chi connectivity index (χ1) is 15.3. The van der Waals surface area contributed by atoms with Gasteiger partial charge < -0.3 is 14.8 Å². The summed E-state index contributed by atoms with van der Waals surface area (Å²) in [5, 5.41) is 5.44. The zero-order valence-electron chi connectivity index (χ0n) is 17.0. The first-order valence-corrected chi connectivity index (χ1v) is 10.9. The van der Waals surface area contributed by atoms with E-state index in [-0.39, 0.29) is 6.61 Å². The van der Waals surface area contributed by atoms with Crippen molar-refractivity contribution in [3.8, 4) is 5.75 Å². The molecule has 1 heterocycles. The molecule has 0 amide bonds. The second-order valence-corrected chi connectivity index (χ2v) is 8.01. The Balaban J connectivity index is 1.49. The fourth-order valence-electron chi connectivity index (χ4n) is 3.06. The van der Waals surface area contributed by atoms with Crippen LogP contribution in [0.5, 0.6) is 5.75 Å². The third kappa shape index (κ3) is 5.96. The summed E-state index contributed by atoms with van der Waals surface area (Å²) in [7, 11) is 0. The lowest BCUT2D eigenvalue weighted by Gasteiger charge is -2.14. The molecular weight excluding hydrogens is 406 g/mol. The van der Waals surface area contributed by atoms with Crippen LogP contribution in [0.25, 0.3) is 0 Å². The second-order valence-electron chi connectivity index (χ2n) is 6.98. The van der Waals surface area contributed by atoms with Gasteiger partial charge in [-0.2, -0.15) is 0 Å². The average molecular weight is 430 g/mol. The maximum Gasteiger partial charge on any atom is 0.342 e. The fourth-order valence-corrected chi connectivity index (χ4v) is 3.70. The van der Waals surface area contributed by atoms with Crippen molar-refractivity contribution in [1.29, 1.82) is 0 Å². The monoisotopic (exact) mass is 429 g/mol. The molecule has 4 rings (SSSR count). The molecule has 0 spiro atoms. The number of ether oxygens (including phenoxy) is 2. The van der Waals surface area contributed by atoms with Crippen molar-refractivity contribution in [2.75, 3.05) is 5.32 Å². The van der Waals surface area contributed by atoms with Gasteiger partial charge in [-0.15, -0.1) is 11.3 Å². The van der Waals surface area contributed by atoms with Crippen molar-refractivity contribution < 1.29 is 14.3 Å². The Morgan fingerprint density at radius 3 is 2.19 bits per heavy atom. The van der Waals surface area contributed by atoms with Crippen molar-refractivity contribution in [1.82, 2.24) is 0 Å². The van der Waals surface area contributed by atoms with E-state index in [0.717, 1.165) is 16.8 Å². The quantitative estimate of drug-likeness (QED) is 0.317. The lowest BCUT2D eigenvalue weighted by molar-refractivity contribution is 0.0467. The van der Waals surface area contributed by atoms with Crippen LogP contribution < -0.4 is 10.1 Å². The highest BCUT2D eigenvalue weighted by molar-refractivity contribution is 7.09. The second kappa shape index (κ2) is 10.5. The van der Waals surface area contributed by atoms with Gasteiger partial charge in [0, 0.05) is 23.2 Å². The SMILES string of the molecule is O=C(OCc1ccccc1)c1ccc(NCc2cccs2)cc1OCc1ccccc1. The number of anilines is 1. The van der Waals surface area contributed by atoms with E-state index in [0.29, 0.717) is 24.5 Å². The minimum atomic E-state index is -0.406. The Hall–Kier alpha value is -3.57. The van der Waals surface area contributed by atoms with Gasteiger partial charge in [-0.1, -0.05) is 66.7 Å². The molecule has 0 saturated carbocycles. The number of nitrogens with one attached hydrogen (secondary N) is 1. The van der Waals surface area contributed by atoms with Gasteiger partial charge in [0.15, 0.2) is 0 Å². The molecule has 0 fully saturated rings. The Morgan fingerprint density at radius 2 is 1.52 bits per heavy atom. The van der Waals surface area contributed by atoms with Crippen molar-refractivity contribution in [2.45, 2.75) is 19.8 Å². The van der Waals surface area contributed by atoms with Crippen molar-refractivity contribution in [3.05, 3.63) is 118 Å². The molecule has 5 heteroatoms. The third-order valence-corrected chi connectivity index (χ3v) is 5.57. The lowest BCUT2D eigenvalue weighted by Crippen LogP contribution is -2.09. The van der Waals surface area contributed by atoms with Crippen LogP contribution in [0.15, 0.2) is 96.4 Å². The van der Waals surface area contributed by atoms with E-state index in [9.17, 15) is 4.79 Å². The van der Waals surface area contributed by atoms with Gasteiger partial charge in [0.1, 0.15) is 24.5 Å². The minimum absolute atomic E-state index is 0.218. The zero-order valence-corrected chi connectivity index (χ0v) is 17.8. The molecule has 1 N–H and O–H groups in total. The summed E-state index contributed by atoms with van der Waals surface area (Å²) in [6, 6.07) is 29.1. The van der Waals surface area contributed by atoms with Gasteiger partial charge >= 0.3 is 5.97 Å². The van der Waals surface area contributed by atoms with Crippen LogP contribution in [-0.4, -0.2) is 5.97 Å². The van der Waals surface area contributed by atoms with Gasteiger partial charge in [-0.25, -0.2) is 4.79 Å². The van der Waals surface area contributed by atoms with Crippen molar-refractivity contribution >= 4 is 23.0 Å². The molecule has 156 valence electrons. The molecule has 0 atom stereocenters. The number of carbonyl (C=O) groups is 1. The van der Waals surface area contributed by atoms with E-state index in [4.69, 9.17) is 9.47 Å². The normalized spacial score (nSPS) is 10.5. The average Bonchev–Trinajstić information content (AvgIpc) is 3.35. The highest BCUT2D eigenvalue weighted by Gasteiger charge is 2.16. The maximum absolute atomic E-state index is 12.8. The fraction of sp³-hybridized carbons (Fsp3) is 0.115. The van der Waals surface area contributed by atoms with E-state index in [2.05, 4.69) is 16.8 Å². The summed E-state index contributed by atoms with van der Waals surface area (Å²) in [5.74, 6) is 0.0924. The molecule has 4 nitrogen and oxygen atoms in total. The predicted molar refractivity (Wildman–Crippen MR) is 124 cm³/mol. The summed E-state index contributed by atoms with van der Waals surface area (Å²) in [4.78, 5) is 14.0. The van der Waals surface area contributed by atoms with Gasteiger partial charge in [0.25, 0.3) is 0 Å². The predicted octanol–water partition coefficient (Wildman–Crippen LogP) is 6.30. The molecule has 3 aromatic carbocycles. The molecule has 0 saturated heterocycles. The molecule has 0 aliphatic rings.